The Kier molecular flexibility index (Phi) is 5.09. The second kappa shape index (κ2) is 6.36. The molecule has 0 aliphatic carbocycles. The smallest absolute Gasteiger partial charge is 0.326 e. The number of nitrogens with one attached hydrogen (secondary N) is 1. The average molecular weight is 267 g/mol. The first-order valence-electron chi connectivity index (χ1n) is 6.50. The second-order valence-electron chi connectivity index (χ2n) is 4.54. The van der Waals surface area contributed by atoms with Crippen molar-refractivity contribution in [1.82, 2.24) is 15.1 Å². The molecule has 0 unspecified atom stereocenters. The van der Waals surface area contributed by atoms with Gasteiger partial charge in [-0.3, -0.25) is 9.48 Å². The van der Waals surface area contributed by atoms with Gasteiger partial charge < -0.3 is 10.4 Å². The summed E-state index contributed by atoms with van der Waals surface area (Å²) in [5.74, 6) is -1.39. The highest BCUT2D eigenvalue weighted by molar-refractivity contribution is 5.98. The van der Waals surface area contributed by atoms with E-state index in [1.807, 2.05) is 13.8 Å². The Balaban J connectivity index is 2.96. The Morgan fingerprint density at radius 3 is 2.47 bits per heavy atom. The Bertz CT molecular complexity index is 480. The van der Waals surface area contributed by atoms with E-state index in [2.05, 4.69) is 10.4 Å². The van der Waals surface area contributed by atoms with Gasteiger partial charge in [-0.15, -0.1) is 0 Å². The number of hydrogen-bond acceptors (Lipinski definition) is 3. The molecule has 0 fully saturated rings. The predicted molar refractivity (Wildman–Crippen MR) is 71.2 cm³/mol. The summed E-state index contributed by atoms with van der Waals surface area (Å²) in [4.78, 5) is 23.1. The molecule has 106 valence electrons. The summed E-state index contributed by atoms with van der Waals surface area (Å²) in [6.45, 7) is 8.09. The van der Waals surface area contributed by atoms with E-state index in [1.54, 1.807) is 18.5 Å². The van der Waals surface area contributed by atoms with E-state index in [0.29, 0.717) is 17.7 Å². The Hall–Kier alpha value is -1.85. The zero-order valence-corrected chi connectivity index (χ0v) is 11.9. The van der Waals surface area contributed by atoms with E-state index >= 15 is 0 Å². The van der Waals surface area contributed by atoms with Crippen molar-refractivity contribution in [1.29, 1.82) is 0 Å². The summed E-state index contributed by atoms with van der Waals surface area (Å²) in [6.07, 6.45) is 1.28. The van der Waals surface area contributed by atoms with Crippen molar-refractivity contribution >= 4 is 11.9 Å². The highest BCUT2D eigenvalue weighted by Gasteiger charge is 2.23. The molecule has 0 aliphatic heterocycles. The zero-order valence-electron chi connectivity index (χ0n) is 11.9. The van der Waals surface area contributed by atoms with E-state index < -0.39 is 12.0 Å². The monoisotopic (exact) mass is 267 g/mol. The molecule has 0 aromatic carbocycles. The molecule has 0 aliphatic rings. The molecule has 1 amide bonds. The Morgan fingerprint density at radius 1 is 1.37 bits per heavy atom. The van der Waals surface area contributed by atoms with E-state index in [1.165, 1.54) is 0 Å². The normalized spacial score (nSPS) is 12.2. The second-order valence-corrected chi connectivity index (χ2v) is 4.54. The van der Waals surface area contributed by atoms with Crippen LogP contribution >= 0.6 is 0 Å². The standard InChI is InChI=1S/C13H21N3O3/c1-5-7-16-9(4)11(8(3)15-16)12(17)14-10(6-2)13(18)19/h10H,5-7H2,1-4H3,(H,14,17)(H,18,19)/t10-/m1/s1. The minimum Gasteiger partial charge on any atom is -0.480 e. The third kappa shape index (κ3) is 3.33. The number of carbonyl (C=O) groups excluding carboxylic acids is 1. The maximum absolute atomic E-state index is 12.1. The van der Waals surface area contributed by atoms with E-state index in [9.17, 15) is 9.59 Å². The minimum absolute atomic E-state index is 0.349. The minimum atomic E-state index is -1.02. The number of aliphatic carboxylic acids is 1. The summed E-state index contributed by atoms with van der Waals surface area (Å²) < 4.78 is 1.78. The topological polar surface area (TPSA) is 84.2 Å². The van der Waals surface area contributed by atoms with Crippen LogP contribution in [0.15, 0.2) is 0 Å². The van der Waals surface area contributed by atoms with Gasteiger partial charge in [0.2, 0.25) is 0 Å². The lowest BCUT2D eigenvalue weighted by Crippen LogP contribution is -2.40. The first kappa shape index (κ1) is 15.2. The zero-order chi connectivity index (χ0) is 14.6. The SMILES string of the molecule is CCCn1nc(C)c(C(=O)N[C@H](CC)C(=O)O)c1C. The largest absolute Gasteiger partial charge is 0.480 e. The van der Waals surface area contributed by atoms with Crippen LogP contribution in [0.2, 0.25) is 0 Å². The van der Waals surface area contributed by atoms with Gasteiger partial charge in [-0.05, 0) is 26.7 Å². The first-order valence-corrected chi connectivity index (χ1v) is 6.50. The summed E-state index contributed by atoms with van der Waals surface area (Å²) in [7, 11) is 0. The molecule has 1 heterocycles. The third-order valence-corrected chi connectivity index (χ3v) is 3.06. The molecule has 0 spiro atoms. The molecular formula is C13H21N3O3. The van der Waals surface area contributed by atoms with Gasteiger partial charge in [0.15, 0.2) is 0 Å². The fourth-order valence-corrected chi connectivity index (χ4v) is 2.02. The van der Waals surface area contributed by atoms with Gasteiger partial charge in [0.25, 0.3) is 5.91 Å². The lowest BCUT2D eigenvalue weighted by Gasteiger charge is -2.12. The van der Waals surface area contributed by atoms with Crippen molar-refractivity contribution < 1.29 is 14.7 Å². The van der Waals surface area contributed by atoms with Gasteiger partial charge in [0, 0.05) is 12.2 Å². The fourth-order valence-electron chi connectivity index (χ4n) is 2.02. The van der Waals surface area contributed by atoms with Crippen LogP contribution in [0.5, 0.6) is 0 Å². The molecule has 1 aromatic rings. The lowest BCUT2D eigenvalue weighted by molar-refractivity contribution is -0.139. The Labute approximate surface area is 112 Å². The van der Waals surface area contributed by atoms with Crippen LogP contribution in [0.3, 0.4) is 0 Å². The Morgan fingerprint density at radius 2 is 2.00 bits per heavy atom. The number of amides is 1. The van der Waals surface area contributed by atoms with Crippen LogP contribution in [-0.2, 0) is 11.3 Å². The number of hydrogen-bond donors (Lipinski definition) is 2. The highest BCUT2D eigenvalue weighted by atomic mass is 16.4. The van der Waals surface area contributed by atoms with Crippen LogP contribution in [0.1, 0.15) is 48.4 Å². The van der Waals surface area contributed by atoms with Crippen molar-refractivity contribution in [2.75, 3.05) is 0 Å². The van der Waals surface area contributed by atoms with Gasteiger partial charge >= 0.3 is 5.97 Å². The number of aromatic nitrogens is 2. The molecule has 2 N–H and O–H groups in total. The molecule has 1 aromatic heterocycles. The maximum Gasteiger partial charge on any atom is 0.326 e. The molecule has 0 saturated carbocycles. The maximum atomic E-state index is 12.1. The summed E-state index contributed by atoms with van der Waals surface area (Å²) >= 11 is 0. The van der Waals surface area contributed by atoms with E-state index in [4.69, 9.17) is 5.11 Å². The number of nitrogens with zero attached hydrogens (tertiary/aromatic N) is 2. The van der Waals surface area contributed by atoms with Gasteiger partial charge in [0.1, 0.15) is 6.04 Å². The number of carboxylic acids is 1. The third-order valence-electron chi connectivity index (χ3n) is 3.06. The fraction of sp³-hybridized carbons (Fsp3) is 0.615. The summed E-state index contributed by atoms with van der Waals surface area (Å²) in [5.41, 5.74) is 1.88. The van der Waals surface area contributed by atoms with Crippen molar-refractivity contribution in [3.8, 4) is 0 Å². The number of aryl methyl sites for hydroxylation is 2. The molecule has 0 saturated heterocycles. The van der Waals surface area contributed by atoms with Crippen LogP contribution in [0.25, 0.3) is 0 Å². The van der Waals surface area contributed by atoms with Crippen LogP contribution in [0, 0.1) is 13.8 Å². The predicted octanol–water partition coefficient (Wildman–Crippen LogP) is 1.50. The van der Waals surface area contributed by atoms with Crippen LogP contribution in [-0.4, -0.2) is 32.8 Å². The molecular weight excluding hydrogens is 246 g/mol. The number of carbonyl (C=O) groups is 2. The molecule has 1 atom stereocenters. The molecule has 6 heteroatoms. The van der Waals surface area contributed by atoms with Crippen LogP contribution < -0.4 is 5.32 Å². The number of rotatable bonds is 6. The lowest BCUT2D eigenvalue weighted by atomic mass is 10.1. The summed E-state index contributed by atoms with van der Waals surface area (Å²) in [6, 6.07) is -0.860. The van der Waals surface area contributed by atoms with Gasteiger partial charge in [0.05, 0.1) is 11.3 Å². The molecule has 19 heavy (non-hydrogen) atoms. The van der Waals surface area contributed by atoms with Crippen molar-refractivity contribution in [2.45, 2.75) is 53.1 Å². The van der Waals surface area contributed by atoms with E-state index in [-0.39, 0.29) is 5.91 Å². The summed E-state index contributed by atoms with van der Waals surface area (Å²) in [5, 5.41) is 15.8. The molecule has 0 bridgehead atoms. The van der Waals surface area contributed by atoms with Gasteiger partial charge in [-0.25, -0.2) is 4.79 Å². The van der Waals surface area contributed by atoms with Gasteiger partial charge in [-0.2, -0.15) is 5.10 Å². The molecule has 1 rings (SSSR count). The highest BCUT2D eigenvalue weighted by Crippen LogP contribution is 2.14. The quantitative estimate of drug-likeness (QED) is 0.818. The van der Waals surface area contributed by atoms with Crippen molar-refractivity contribution in [3.63, 3.8) is 0 Å². The first-order chi connectivity index (χ1) is 8.92. The number of carboxylic acid groups (broad SMARTS) is 1. The molecule has 6 nitrogen and oxygen atoms in total. The molecule has 0 radical (unpaired) electrons. The van der Waals surface area contributed by atoms with Crippen LogP contribution in [0.4, 0.5) is 0 Å². The average Bonchev–Trinajstić information content (AvgIpc) is 2.61. The van der Waals surface area contributed by atoms with E-state index in [0.717, 1.165) is 18.7 Å². The van der Waals surface area contributed by atoms with Gasteiger partial charge in [-0.1, -0.05) is 13.8 Å². The van der Waals surface area contributed by atoms with Crippen molar-refractivity contribution in [3.05, 3.63) is 17.0 Å². The van der Waals surface area contributed by atoms with Crippen molar-refractivity contribution in [2.24, 2.45) is 0 Å².